The Labute approximate surface area is 104 Å². The number of Topliss-reactive ketones (excluding diaryl/α,β-unsaturated/α-hetero) is 1. The lowest BCUT2D eigenvalue weighted by atomic mass is 10.1. The number of carbonyl (C=O) groups is 1. The molecule has 17 heavy (non-hydrogen) atoms. The van der Waals surface area contributed by atoms with Gasteiger partial charge in [0.1, 0.15) is 0 Å². The van der Waals surface area contributed by atoms with Gasteiger partial charge in [-0.15, -0.1) is 0 Å². The number of ketones is 1. The zero-order valence-electron chi connectivity index (χ0n) is 11.0. The Morgan fingerprint density at radius 3 is 2.71 bits per heavy atom. The van der Waals surface area contributed by atoms with Gasteiger partial charge in [-0.2, -0.15) is 0 Å². The summed E-state index contributed by atoms with van der Waals surface area (Å²) in [6.07, 6.45) is 2.27. The number of hydrogen-bond acceptors (Lipinski definition) is 3. The normalized spacial score (nSPS) is 10.8. The van der Waals surface area contributed by atoms with E-state index in [-0.39, 0.29) is 5.78 Å². The van der Waals surface area contributed by atoms with Crippen LogP contribution in [-0.4, -0.2) is 30.8 Å². The highest BCUT2D eigenvalue weighted by atomic mass is 16.1. The molecule has 0 atom stereocenters. The van der Waals surface area contributed by atoms with Crippen LogP contribution in [0.3, 0.4) is 0 Å². The third kappa shape index (κ3) is 4.19. The van der Waals surface area contributed by atoms with Crippen molar-refractivity contribution in [2.75, 3.05) is 25.9 Å². The van der Waals surface area contributed by atoms with Crippen LogP contribution in [0.1, 0.15) is 35.7 Å². The molecule has 0 aromatic heterocycles. The van der Waals surface area contributed by atoms with Crippen LogP contribution in [0.25, 0.3) is 0 Å². The summed E-state index contributed by atoms with van der Waals surface area (Å²) in [5, 5.41) is 0. The van der Waals surface area contributed by atoms with Gasteiger partial charge in [0.2, 0.25) is 0 Å². The molecule has 0 unspecified atom stereocenters. The number of nitrogens with zero attached hydrogens (tertiary/aromatic N) is 1. The molecule has 0 radical (unpaired) electrons. The van der Waals surface area contributed by atoms with Gasteiger partial charge >= 0.3 is 0 Å². The first-order valence-corrected chi connectivity index (χ1v) is 6.12. The Morgan fingerprint density at radius 1 is 1.41 bits per heavy atom. The van der Waals surface area contributed by atoms with Crippen molar-refractivity contribution < 1.29 is 4.79 Å². The van der Waals surface area contributed by atoms with Gasteiger partial charge in [-0.1, -0.05) is 25.5 Å². The Hall–Kier alpha value is -1.35. The predicted octanol–water partition coefficient (Wildman–Crippen LogP) is 2.49. The van der Waals surface area contributed by atoms with Gasteiger partial charge in [-0.25, -0.2) is 0 Å². The predicted molar refractivity (Wildman–Crippen MR) is 72.3 cm³/mol. The standard InChI is InChI=1S/C14H22N2O/c1-4-5-8-16(3)10-14(17)12-7-6-11(2)13(15)9-12/h6-7,9H,4-5,8,10,15H2,1-3H3. The minimum Gasteiger partial charge on any atom is -0.398 e. The molecule has 3 nitrogen and oxygen atoms in total. The number of nitrogen functional groups attached to an aromatic ring is 1. The summed E-state index contributed by atoms with van der Waals surface area (Å²) in [6.45, 7) is 5.51. The average Bonchev–Trinajstić information content (AvgIpc) is 2.30. The number of benzene rings is 1. The number of rotatable bonds is 6. The molecule has 3 heteroatoms. The van der Waals surface area contributed by atoms with Gasteiger partial charge in [-0.3, -0.25) is 9.69 Å². The molecule has 0 bridgehead atoms. The lowest BCUT2D eigenvalue weighted by Crippen LogP contribution is -2.27. The van der Waals surface area contributed by atoms with Crippen molar-refractivity contribution in [2.24, 2.45) is 0 Å². The quantitative estimate of drug-likeness (QED) is 0.607. The van der Waals surface area contributed by atoms with E-state index in [2.05, 4.69) is 11.8 Å². The first-order chi connectivity index (χ1) is 8.04. The van der Waals surface area contributed by atoms with E-state index in [1.807, 2.05) is 26.1 Å². The molecular formula is C14H22N2O. The number of hydrogen-bond donors (Lipinski definition) is 1. The molecule has 1 rings (SSSR count). The Morgan fingerprint density at radius 2 is 2.12 bits per heavy atom. The van der Waals surface area contributed by atoms with Crippen molar-refractivity contribution in [3.63, 3.8) is 0 Å². The number of nitrogens with two attached hydrogens (primary N) is 1. The monoisotopic (exact) mass is 234 g/mol. The molecule has 0 spiro atoms. The van der Waals surface area contributed by atoms with E-state index in [1.54, 1.807) is 6.07 Å². The third-order valence-corrected chi connectivity index (χ3v) is 2.91. The lowest BCUT2D eigenvalue weighted by Gasteiger charge is -2.15. The van der Waals surface area contributed by atoms with Gasteiger partial charge < -0.3 is 5.73 Å². The van der Waals surface area contributed by atoms with E-state index in [4.69, 9.17) is 5.73 Å². The highest BCUT2D eigenvalue weighted by Crippen LogP contribution is 2.13. The van der Waals surface area contributed by atoms with Gasteiger partial charge in [0.05, 0.1) is 6.54 Å². The molecule has 0 fully saturated rings. The van der Waals surface area contributed by atoms with Crippen molar-refractivity contribution in [3.05, 3.63) is 29.3 Å². The molecule has 0 aliphatic rings. The summed E-state index contributed by atoms with van der Waals surface area (Å²) in [4.78, 5) is 14.0. The van der Waals surface area contributed by atoms with Crippen LogP contribution < -0.4 is 5.73 Å². The molecule has 0 saturated carbocycles. The van der Waals surface area contributed by atoms with E-state index in [1.165, 1.54) is 0 Å². The van der Waals surface area contributed by atoms with Crippen LogP contribution in [0.5, 0.6) is 0 Å². The largest absolute Gasteiger partial charge is 0.398 e. The summed E-state index contributed by atoms with van der Waals surface area (Å²) < 4.78 is 0. The summed E-state index contributed by atoms with van der Waals surface area (Å²) >= 11 is 0. The molecule has 0 saturated heterocycles. The SMILES string of the molecule is CCCCN(C)CC(=O)c1ccc(C)c(N)c1. The van der Waals surface area contributed by atoms with Gasteiger partial charge in [0, 0.05) is 11.3 Å². The zero-order valence-corrected chi connectivity index (χ0v) is 11.0. The Balaban J connectivity index is 2.60. The number of unbranched alkanes of at least 4 members (excludes halogenated alkanes) is 1. The van der Waals surface area contributed by atoms with E-state index in [9.17, 15) is 4.79 Å². The molecule has 0 amide bonds. The lowest BCUT2D eigenvalue weighted by molar-refractivity contribution is 0.0945. The van der Waals surface area contributed by atoms with Crippen LogP contribution in [0.4, 0.5) is 5.69 Å². The van der Waals surface area contributed by atoms with E-state index in [0.29, 0.717) is 17.8 Å². The van der Waals surface area contributed by atoms with Crippen LogP contribution in [-0.2, 0) is 0 Å². The summed E-state index contributed by atoms with van der Waals surface area (Å²) in [6, 6.07) is 5.52. The highest BCUT2D eigenvalue weighted by Gasteiger charge is 2.09. The van der Waals surface area contributed by atoms with Crippen molar-refractivity contribution in [2.45, 2.75) is 26.7 Å². The zero-order chi connectivity index (χ0) is 12.8. The summed E-state index contributed by atoms with van der Waals surface area (Å²) in [5.74, 6) is 0.135. The smallest absolute Gasteiger partial charge is 0.176 e. The molecule has 0 heterocycles. The fraction of sp³-hybridized carbons (Fsp3) is 0.500. The Kier molecular flexibility index (Phi) is 5.16. The first-order valence-electron chi connectivity index (χ1n) is 6.12. The third-order valence-electron chi connectivity index (χ3n) is 2.91. The van der Waals surface area contributed by atoms with Crippen LogP contribution >= 0.6 is 0 Å². The maximum atomic E-state index is 12.0. The molecule has 1 aromatic rings. The maximum Gasteiger partial charge on any atom is 0.176 e. The van der Waals surface area contributed by atoms with E-state index >= 15 is 0 Å². The second-order valence-corrected chi connectivity index (χ2v) is 4.59. The minimum absolute atomic E-state index is 0.135. The summed E-state index contributed by atoms with van der Waals surface area (Å²) in [5.41, 5.74) is 8.21. The number of anilines is 1. The van der Waals surface area contributed by atoms with Crippen molar-refractivity contribution in [3.8, 4) is 0 Å². The number of aryl methyl sites for hydroxylation is 1. The van der Waals surface area contributed by atoms with Crippen molar-refractivity contribution in [1.82, 2.24) is 4.90 Å². The highest BCUT2D eigenvalue weighted by molar-refractivity contribution is 5.98. The molecule has 0 aliphatic carbocycles. The van der Waals surface area contributed by atoms with Crippen molar-refractivity contribution in [1.29, 1.82) is 0 Å². The second kappa shape index (κ2) is 6.40. The Bertz CT molecular complexity index is 388. The molecule has 94 valence electrons. The fourth-order valence-electron chi connectivity index (χ4n) is 1.66. The molecule has 0 aliphatic heterocycles. The maximum absolute atomic E-state index is 12.0. The molecule has 1 aromatic carbocycles. The number of likely N-dealkylation sites (N-methyl/N-ethyl adjacent to an activating group) is 1. The summed E-state index contributed by atoms with van der Waals surface area (Å²) in [7, 11) is 1.98. The van der Waals surface area contributed by atoms with Crippen LogP contribution in [0.2, 0.25) is 0 Å². The molecule has 2 N–H and O–H groups in total. The van der Waals surface area contributed by atoms with Crippen LogP contribution in [0, 0.1) is 6.92 Å². The minimum atomic E-state index is 0.135. The van der Waals surface area contributed by atoms with Gasteiger partial charge in [-0.05, 0) is 38.6 Å². The second-order valence-electron chi connectivity index (χ2n) is 4.59. The first kappa shape index (κ1) is 13.7. The van der Waals surface area contributed by atoms with E-state index < -0.39 is 0 Å². The number of carbonyl (C=O) groups excluding carboxylic acids is 1. The van der Waals surface area contributed by atoms with Crippen molar-refractivity contribution >= 4 is 11.5 Å². The molecular weight excluding hydrogens is 212 g/mol. The van der Waals surface area contributed by atoms with Gasteiger partial charge in [0.25, 0.3) is 0 Å². The average molecular weight is 234 g/mol. The van der Waals surface area contributed by atoms with Gasteiger partial charge in [0.15, 0.2) is 5.78 Å². The van der Waals surface area contributed by atoms with Crippen LogP contribution in [0.15, 0.2) is 18.2 Å². The topological polar surface area (TPSA) is 46.3 Å². The van der Waals surface area contributed by atoms with E-state index in [0.717, 1.165) is 24.9 Å². The fourth-order valence-corrected chi connectivity index (χ4v) is 1.66.